The number of aromatic nitrogens is 2. The van der Waals surface area contributed by atoms with Gasteiger partial charge in [0.05, 0.1) is 12.1 Å². The van der Waals surface area contributed by atoms with E-state index in [0.29, 0.717) is 29.8 Å². The summed E-state index contributed by atoms with van der Waals surface area (Å²) in [5, 5.41) is 3.35. The van der Waals surface area contributed by atoms with E-state index in [1.165, 1.54) is 18.5 Å². The monoisotopic (exact) mass is 276 g/mol. The number of carbonyl (C=O) groups excluding carboxylic acids is 1. The summed E-state index contributed by atoms with van der Waals surface area (Å²) in [5.74, 6) is 0.142. The average molecular weight is 276 g/mol. The van der Waals surface area contributed by atoms with Crippen molar-refractivity contribution >= 4 is 22.6 Å². The lowest BCUT2D eigenvalue weighted by Crippen LogP contribution is -2.37. The molecule has 0 radical (unpaired) electrons. The van der Waals surface area contributed by atoms with Gasteiger partial charge in [-0.25, -0.2) is 14.4 Å². The maximum absolute atomic E-state index is 13.4. The minimum absolute atomic E-state index is 0.0856. The van der Waals surface area contributed by atoms with Crippen molar-refractivity contribution in [2.45, 2.75) is 13.8 Å². The van der Waals surface area contributed by atoms with Crippen molar-refractivity contribution in [3.8, 4) is 0 Å². The van der Waals surface area contributed by atoms with Crippen LogP contribution in [0.5, 0.6) is 0 Å². The second kappa shape index (κ2) is 6.27. The zero-order valence-corrected chi connectivity index (χ0v) is 11.6. The number of fused-ring (bicyclic) bond motifs is 1. The molecule has 0 unspecified atom stereocenters. The third-order valence-corrected chi connectivity index (χ3v) is 2.97. The molecular weight excluding hydrogens is 259 g/mol. The van der Waals surface area contributed by atoms with Crippen LogP contribution in [0.15, 0.2) is 24.5 Å². The SMILES string of the molecule is CCNC(=O)CN(CC)c1ncnc2ccc(F)cc12. The summed E-state index contributed by atoms with van der Waals surface area (Å²) in [5.41, 5.74) is 0.658. The largest absolute Gasteiger partial charge is 0.355 e. The highest BCUT2D eigenvalue weighted by Crippen LogP contribution is 2.23. The maximum Gasteiger partial charge on any atom is 0.239 e. The molecule has 1 N–H and O–H groups in total. The van der Waals surface area contributed by atoms with Crippen LogP contribution in [-0.4, -0.2) is 35.5 Å². The fourth-order valence-electron chi connectivity index (χ4n) is 2.03. The number of nitrogens with one attached hydrogen (secondary N) is 1. The second-order valence-corrected chi connectivity index (χ2v) is 4.33. The maximum atomic E-state index is 13.4. The zero-order valence-electron chi connectivity index (χ0n) is 11.6. The number of rotatable bonds is 5. The number of carbonyl (C=O) groups is 1. The van der Waals surface area contributed by atoms with Crippen LogP contribution in [0.3, 0.4) is 0 Å². The first kappa shape index (κ1) is 14.2. The van der Waals surface area contributed by atoms with Gasteiger partial charge in [0.1, 0.15) is 18.0 Å². The molecule has 2 rings (SSSR count). The summed E-state index contributed by atoms with van der Waals surface area (Å²) < 4.78 is 13.4. The predicted molar refractivity (Wildman–Crippen MR) is 76.1 cm³/mol. The number of likely N-dealkylation sites (N-methyl/N-ethyl adjacent to an activating group) is 2. The van der Waals surface area contributed by atoms with Gasteiger partial charge in [0.25, 0.3) is 0 Å². The number of amides is 1. The number of halogens is 1. The molecule has 1 heterocycles. The van der Waals surface area contributed by atoms with E-state index < -0.39 is 0 Å². The van der Waals surface area contributed by atoms with Gasteiger partial charge in [-0.15, -0.1) is 0 Å². The Morgan fingerprint density at radius 2 is 2.15 bits per heavy atom. The molecular formula is C14H17FN4O. The Bertz CT molecular complexity index is 617. The van der Waals surface area contributed by atoms with Crippen LogP contribution in [0.4, 0.5) is 10.2 Å². The fourth-order valence-corrected chi connectivity index (χ4v) is 2.03. The van der Waals surface area contributed by atoms with Crippen LogP contribution in [0.1, 0.15) is 13.8 Å². The molecule has 6 heteroatoms. The number of hydrogen-bond acceptors (Lipinski definition) is 4. The number of hydrogen-bond donors (Lipinski definition) is 1. The van der Waals surface area contributed by atoms with Gasteiger partial charge in [0.15, 0.2) is 0 Å². The molecule has 0 aliphatic heterocycles. The minimum Gasteiger partial charge on any atom is -0.355 e. The summed E-state index contributed by atoms with van der Waals surface area (Å²) in [7, 11) is 0. The molecule has 0 aliphatic carbocycles. The predicted octanol–water partition coefficient (Wildman–Crippen LogP) is 1.73. The second-order valence-electron chi connectivity index (χ2n) is 4.33. The normalized spacial score (nSPS) is 10.6. The van der Waals surface area contributed by atoms with Crippen molar-refractivity contribution in [1.82, 2.24) is 15.3 Å². The van der Waals surface area contributed by atoms with E-state index >= 15 is 0 Å². The number of anilines is 1. The van der Waals surface area contributed by atoms with Crippen LogP contribution >= 0.6 is 0 Å². The van der Waals surface area contributed by atoms with Gasteiger partial charge < -0.3 is 10.2 Å². The molecule has 1 aromatic heterocycles. The van der Waals surface area contributed by atoms with Crippen molar-refractivity contribution in [2.75, 3.05) is 24.5 Å². The Balaban J connectivity index is 2.38. The summed E-state index contributed by atoms with van der Waals surface area (Å²) in [4.78, 5) is 21.8. The molecule has 1 amide bonds. The van der Waals surface area contributed by atoms with Crippen LogP contribution < -0.4 is 10.2 Å². The third-order valence-electron chi connectivity index (χ3n) is 2.97. The Hall–Kier alpha value is -2.24. The standard InChI is InChI=1S/C14H17FN4O/c1-3-16-13(20)8-19(4-2)14-11-7-10(15)5-6-12(11)17-9-18-14/h5-7,9H,3-4,8H2,1-2H3,(H,16,20). The Morgan fingerprint density at radius 3 is 2.85 bits per heavy atom. The highest BCUT2D eigenvalue weighted by molar-refractivity contribution is 5.91. The number of nitrogens with zero attached hydrogens (tertiary/aromatic N) is 3. The fraction of sp³-hybridized carbons (Fsp3) is 0.357. The summed E-state index contributed by atoms with van der Waals surface area (Å²) in [6.07, 6.45) is 1.43. The van der Waals surface area contributed by atoms with Crippen LogP contribution in [0, 0.1) is 5.82 Å². The molecule has 0 saturated carbocycles. The lowest BCUT2D eigenvalue weighted by molar-refractivity contribution is -0.119. The Morgan fingerprint density at radius 1 is 1.35 bits per heavy atom. The first-order valence-electron chi connectivity index (χ1n) is 6.57. The highest BCUT2D eigenvalue weighted by atomic mass is 19.1. The van der Waals surface area contributed by atoms with Gasteiger partial charge in [-0.1, -0.05) is 0 Å². The quantitative estimate of drug-likeness (QED) is 0.903. The highest BCUT2D eigenvalue weighted by Gasteiger charge is 2.14. The van der Waals surface area contributed by atoms with Crippen molar-refractivity contribution in [3.05, 3.63) is 30.3 Å². The van der Waals surface area contributed by atoms with Gasteiger partial charge in [-0.2, -0.15) is 0 Å². The van der Waals surface area contributed by atoms with E-state index in [-0.39, 0.29) is 18.3 Å². The van der Waals surface area contributed by atoms with E-state index in [1.807, 2.05) is 13.8 Å². The van der Waals surface area contributed by atoms with Crippen molar-refractivity contribution in [2.24, 2.45) is 0 Å². The van der Waals surface area contributed by atoms with Crippen molar-refractivity contribution in [1.29, 1.82) is 0 Å². The average Bonchev–Trinajstić information content (AvgIpc) is 2.44. The number of benzene rings is 1. The van der Waals surface area contributed by atoms with Crippen LogP contribution in [-0.2, 0) is 4.79 Å². The summed E-state index contributed by atoms with van der Waals surface area (Å²) >= 11 is 0. The molecule has 0 atom stereocenters. The summed E-state index contributed by atoms with van der Waals surface area (Å²) in [6, 6.07) is 4.36. The molecule has 20 heavy (non-hydrogen) atoms. The topological polar surface area (TPSA) is 58.1 Å². The summed E-state index contributed by atoms with van der Waals surface area (Å²) in [6.45, 7) is 5.15. The Labute approximate surface area is 116 Å². The molecule has 1 aromatic carbocycles. The van der Waals surface area contributed by atoms with E-state index in [1.54, 1.807) is 11.0 Å². The third kappa shape index (κ3) is 3.01. The zero-order chi connectivity index (χ0) is 14.5. The lowest BCUT2D eigenvalue weighted by Gasteiger charge is -2.22. The smallest absolute Gasteiger partial charge is 0.239 e. The van der Waals surface area contributed by atoms with Crippen molar-refractivity contribution in [3.63, 3.8) is 0 Å². The molecule has 0 saturated heterocycles. The van der Waals surface area contributed by atoms with E-state index in [0.717, 1.165) is 0 Å². The van der Waals surface area contributed by atoms with Gasteiger partial charge >= 0.3 is 0 Å². The molecule has 0 fully saturated rings. The van der Waals surface area contributed by atoms with Crippen LogP contribution in [0.2, 0.25) is 0 Å². The van der Waals surface area contributed by atoms with Crippen molar-refractivity contribution < 1.29 is 9.18 Å². The minimum atomic E-state index is -0.345. The van der Waals surface area contributed by atoms with Gasteiger partial charge in [0, 0.05) is 18.5 Å². The Kier molecular flexibility index (Phi) is 4.45. The van der Waals surface area contributed by atoms with Gasteiger partial charge in [-0.05, 0) is 32.0 Å². The molecule has 0 spiro atoms. The van der Waals surface area contributed by atoms with E-state index in [2.05, 4.69) is 15.3 Å². The first-order chi connectivity index (χ1) is 9.65. The molecule has 5 nitrogen and oxygen atoms in total. The van der Waals surface area contributed by atoms with E-state index in [4.69, 9.17) is 0 Å². The lowest BCUT2D eigenvalue weighted by atomic mass is 10.2. The van der Waals surface area contributed by atoms with Gasteiger partial charge in [-0.3, -0.25) is 4.79 Å². The molecule has 106 valence electrons. The molecule has 2 aromatic rings. The molecule has 0 aliphatic rings. The first-order valence-corrected chi connectivity index (χ1v) is 6.57. The molecule has 0 bridgehead atoms. The van der Waals surface area contributed by atoms with Crippen LogP contribution in [0.25, 0.3) is 10.9 Å². The van der Waals surface area contributed by atoms with E-state index in [9.17, 15) is 9.18 Å². The van der Waals surface area contributed by atoms with Gasteiger partial charge in [0.2, 0.25) is 5.91 Å².